The van der Waals surface area contributed by atoms with Gasteiger partial charge >= 0.3 is 0 Å². The third kappa shape index (κ3) is 3.34. The zero-order valence-electron chi connectivity index (χ0n) is 10.4. The van der Waals surface area contributed by atoms with E-state index < -0.39 is 0 Å². The largest absolute Gasteiger partial charge is 0.295 e. The molecule has 3 nitrogen and oxygen atoms in total. The Kier molecular flexibility index (Phi) is 4.82. The highest BCUT2D eigenvalue weighted by molar-refractivity contribution is 5.00. The van der Waals surface area contributed by atoms with Gasteiger partial charge in [0.1, 0.15) is 0 Å². The molecular formula is C12H23N3. The lowest BCUT2D eigenvalue weighted by molar-refractivity contribution is 0.218. The average Bonchev–Trinajstić information content (AvgIpc) is 2.62. The Morgan fingerprint density at radius 2 is 2.13 bits per heavy atom. The second-order valence-corrected chi connectivity index (χ2v) is 4.20. The van der Waals surface area contributed by atoms with Crippen LogP contribution in [0.25, 0.3) is 0 Å². The Balaban J connectivity index is 2.65. The van der Waals surface area contributed by atoms with Crippen molar-refractivity contribution >= 4 is 0 Å². The number of hydrogen-bond acceptors (Lipinski definition) is 2. The predicted octanol–water partition coefficient (Wildman–Crippen LogP) is 2.52. The van der Waals surface area contributed by atoms with Gasteiger partial charge in [-0.1, -0.05) is 13.8 Å². The fraction of sp³-hybridized carbons (Fsp3) is 0.750. The van der Waals surface area contributed by atoms with Crippen LogP contribution in [-0.2, 0) is 13.1 Å². The zero-order valence-corrected chi connectivity index (χ0v) is 10.4. The Hall–Kier alpha value is -0.830. The summed E-state index contributed by atoms with van der Waals surface area (Å²) in [5.41, 5.74) is 1.33. The van der Waals surface area contributed by atoms with E-state index in [2.05, 4.69) is 48.4 Å². The van der Waals surface area contributed by atoms with E-state index in [1.807, 2.05) is 6.20 Å². The van der Waals surface area contributed by atoms with Crippen LogP contribution in [0.5, 0.6) is 0 Å². The van der Waals surface area contributed by atoms with Crippen molar-refractivity contribution in [2.75, 3.05) is 6.54 Å². The summed E-state index contributed by atoms with van der Waals surface area (Å²) in [6.45, 7) is 12.0. The van der Waals surface area contributed by atoms with Gasteiger partial charge in [0, 0.05) is 25.3 Å². The summed E-state index contributed by atoms with van der Waals surface area (Å²) in [6.07, 6.45) is 3.04. The summed E-state index contributed by atoms with van der Waals surface area (Å²) >= 11 is 0. The van der Waals surface area contributed by atoms with Crippen molar-refractivity contribution in [1.82, 2.24) is 14.7 Å². The van der Waals surface area contributed by atoms with Gasteiger partial charge in [-0.15, -0.1) is 0 Å². The Morgan fingerprint density at radius 3 is 2.67 bits per heavy atom. The van der Waals surface area contributed by atoms with E-state index in [4.69, 9.17) is 0 Å². The first-order valence-electron chi connectivity index (χ1n) is 5.93. The van der Waals surface area contributed by atoms with E-state index in [0.717, 1.165) is 26.1 Å². The van der Waals surface area contributed by atoms with Crippen molar-refractivity contribution in [1.29, 1.82) is 0 Å². The summed E-state index contributed by atoms with van der Waals surface area (Å²) < 4.78 is 2.12. The molecule has 0 spiro atoms. The number of nitrogens with zero attached hydrogens (tertiary/aromatic N) is 3. The first kappa shape index (κ1) is 12.2. The summed E-state index contributed by atoms with van der Waals surface area (Å²) in [5.74, 6) is 0. The molecule has 0 saturated carbocycles. The van der Waals surface area contributed by atoms with Gasteiger partial charge in [-0.3, -0.25) is 9.58 Å². The quantitative estimate of drug-likeness (QED) is 0.718. The van der Waals surface area contributed by atoms with Crippen LogP contribution in [0.1, 0.15) is 39.8 Å². The molecule has 0 aromatic carbocycles. The molecule has 0 N–H and O–H groups in total. The van der Waals surface area contributed by atoms with Gasteiger partial charge in [-0.05, 0) is 32.9 Å². The van der Waals surface area contributed by atoms with E-state index in [1.54, 1.807) is 0 Å². The fourth-order valence-electron chi connectivity index (χ4n) is 1.78. The van der Waals surface area contributed by atoms with E-state index >= 15 is 0 Å². The highest BCUT2D eigenvalue weighted by Crippen LogP contribution is 2.08. The molecule has 1 aromatic heterocycles. The molecule has 0 aliphatic rings. The summed E-state index contributed by atoms with van der Waals surface area (Å²) in [5, 5.41) is 4.34. The average molecular weight is 209 g/mol. The molecule has 3 heteroatoms. The van der Waals surface area contributed by atoms with Crippen LogP contribution in [0.15, 0.2) is 12.3 Å². The van der Waals surface area contributed by atoms with E-state index in [-0.39, 0.29) is 0 Å². The molecule has 0 aliphatic carbocycles. The van der Waals surface area contributed by atoms with Crippen LogP contribution in [-0.4, -0.2) is 27.3 Å². The monoisotopic (exact) mass is 209 g/mol. The Morgan fingerprint density at radius 1 is 1.40 bits per heavy atom. The maximum atomic E-state index is 4.34. The number of aromatic nitrogens is 2. The lowest BCUT2D eigenvalue weighted by Crippen LogP contribution is -2.31. The molecule has 1 rings (SSSR count). The normalized spacial score (nSPS) is 11.6. The SMILES string of the molecule is CCCn1nccc1CN(CC)C(C)C. The van der Waals surface area contributed by atoms with Crippen LogP contribution in [0.3, 0.4) is 0 Å². The fourth-order valence-corrected chi connectivity index (χ4v) is 1.78. The second-order valence-electron chi connectivity index (χ2n) is 4.20. The molecular weight excluding hydrogens is 186 g/mol. The second kappa shape index (κ2) is 5.91. The lowest BCUT2D eigenvalue weighted by atomic mass is 10.3. The van der Waals surface area contributed by atoms with Gasteiger partial charge in [0.15, 0.2) is 0 Å². The van der Waals surface area contributed by atoms with Crippen LogP contribution in [0.4, 0.5) is 0 Å². The van der Waals surface area contributed by atoms with Crippen LogP contribution < -0.4 is 0 Å². The van der Waals surface area contributed by atoms with Gasteiger partial charge in [-0.25, -0.2) is 0 Å². The van der Waals surface area contributed by atoms with E-state index in [9.17, 15) is 0 Å². The third-order valence-corrected chi connectivity index (χ3v) is 2.74. The summed E-state index contributed by atoms with van der Waals surface area (Å²) in [6, 6.07) is 2.72. The molecule has 0 fully saturated rings. The zero-order chi connectivity index (χ0) is 11.3. The molecule has 15 heavy (non-hydrogen) atoms. The van der Waals surface area contributed by atoms with Crippen molar-refractivity contribution in [2.24, 2.45) is 0 Å². The number of hydrogen-bond donors (Lipinski definition) is 0. The number of rotatable bonds is 6. The Labute approximate surface area is 93.1 Å². The minimum Gasteiger partial charge on any atom is -0.295 e. The molecule has 86 valence electrons. The maximum Gasteiger partial charge on any atom is 0.0524 e. The highest BCUT2D eigenvalue weighted by Gasteiger charge is 2.10. The van der Waals surface area contributed by atoms with Crippen molar-refractivity contribution in [3.05, 3.63) is 18.0 Å². The maximum absolute atomic E-state index is 4.34. The first-order chi connectivity index (χ1) is 7.19. The van der Waals surface area contributed by atoms with Crippen LogP contribution >= 0.6 is 0 Å². The number of aryl methyl sites for hydroxylation is 1. The molecule has 0 saturated heterocycles. The standard InChI is InChI=1S/C12H23N3/c1-5-9-15-12(7-8-13-15)10-14(6-2)11(3)4/h7-8,11H,5-6,9-10H2,1-4H3. The van der Waals surface area contributed by atoms with Gasteiger partial charge in [0.05, 0.1) is 5.69 Å². The van der Waals surface area contributed by atoms with Crippen LogP contribution in [0, 0.1) is 0 Å². The van der Waals surface area contributed by atoms with Gasteiger partial charge < -0.3 is 0 Å². The topological polar surface area (TPSA) is 21.1 Å². The van der Waals surface area contributed by atoms with Crippen molar-refractivity contribution in [3.8, 4) is 0 Å². The lowest BCUT2D eigenvalue weighted by Gasteiger charge is -2.24. The van der Waals surface area contributed by atoms with E-state index in [0.29, 0.717) is 6.04 Å². The minimum absolute atomic E-state index is 0.597. The molecule has 1 aromatic rings. The van der Waals surface area contributed by atoms with E-state index in [1.165, 1.54) is 5.69 Å². The molecule has 0 atom stereocenters. The van der Waals surface area contributed by atoms with Crippen molar-refractivity contribution in [2.45, 2.75) is 53.2 Å². The molecule has 0 bridgehead atoms. The molecule has 0 amide bonds. The minimum atomic E-state index is 0.597. The molecule has 0 aliphatic heterocycles. The smallest absolute Gasteiger partial charge is 0.0524 e. The molecule has 0 unspecified atom stereocenters. The summed E-state index contributed by atoms with van der Waals surface area (Å²) in [4.78, 5) is 2.45. The molecule has 0 radical (unpaired) electrons. The van der Waals surface area contributed by atoms with Crippen molar-refractivity contribution in [3.63, 3.8) is 0 Å². The summed E-state index contributed by atoms with van der Waals surface area (Å²) in [7, 11) is 0. The predicted molar refractivity (Wildman–Crippen MR) is 63.7 cm³/mol. The Bertz CT molecular complexity index is 278. The van der Waals surface area contributed by atoms with Crippen molar-refractivity contribution < 1.29 is 0 Å². The van der Waals surface area contributed by atoms with Gasteiger partial charge in [-0.2, -0.15) is 5.10 Å². The molecule has 1 heterocycles. The first-order valence-corrected chi connectivity index (χ1v) is 5.93. The van der Waals surface area contributed by atoms with Gasteiger partial charge in [0.2, 0.25) is 0 Å². The van der Waals surface area contributed by atoms with Gasteiger partial charge in [0.25, 0.3) is 0 Å². The van der Waals surface area contributed by atoms with Crippen LogP contribution in [0.2, 0.25) is 0 Å². The highest BCUT2D eigenvalue weighted by atomic mass is 15.3. The third-order valence-electron chi connectivity index (χ3n) is 2.74.